The normalized spacial score (nSPS) is 15.1. The van der Waals surface area contributed by atoms with Crippen molar-refractivity contribution in [3.63, 3.8) is 0 Å². The Morgan fingerprint density at radius 2 is 1.92 bits per heavy atom. The van der Waals surface area contributed by atoms with Crippen molar-refractivity contribution in [1.29, 1.82) is 0 Å². The summed E-state index contributed by atoms with van der Waals surface area (Å²) in [6.45, 7) is 1.98. The quantitative estimate of drug-likeness (QED) is 0.806. The van der Waals surface area contributed by atoms with Gasteiger partial charge in [0.25, 0.3) is 5.91 Å². The van der Waals surface area contributed by atoms with Gasteiger partial charge >= 0.3 is 0 Å². The van der Waals surface area contributed by atoms with Crippen LogP contribution in [-0.4, -0.2) is 22.1 Å². The standard InChI is InChI=1S/C18H21BrN4O/c1-12-11-14(7-8-15(12)19)21-18(24)16-9-10-17(23-22-16)20-13-5-3-2-4-6-13/h7-11,13H,2-6H2,1H3,(H,20,23)(H,21,24). The summed E-state index contributed by atoms with van der Waals surface area (Å²) in [5.41, 5.74) is 2.11. The third-order valence-corrected chi connectivity index (χ3v) is 5.16. The number of carbonyl (C=O) groups is 1. The van der Waals surface area contributed by atoms with Crippen molar-refractivity contribution in [2.75, 3.05) is 10.6 Å². The molecule has 1 aromatic heterocycles. The van der Waals surface area contributed by atoms with Gasteiger partial charge in [0, 0.05) is 16.2 Å². The number of aromatic nitrogens is 2. The molecule has 1 fully saturated rings. The monoisotopic (exact) mass is 388 g/mol. The van der Waals surface area contributed by atoms with Crippen LogP contribution in [0, 0.1) is 6.92 Å². The Kier molecular flexibility index (Phi) is 5.45. The first-order chi connectivity index (χ1) is 11.6. The highest BCUT2D eigenvalue weighted by Gasteiger charge is 2.14. The van der Waals surface area contributed by atoms with Crippen molar-refractivity contribution in [2.24, 2.45) is 0 Å². The van der Waals surface area contributed by atoms with Crippen LogP contribution in [0.1, 0.15) is 48.2 Å². The van der Waals surface area contributed by atoms with Gasteiger partial charge in [0.05, 0.1) is 0 Å². The summed E-state index contributed by atoms with van der Waals surface area (Å²) >= 11 is 3.45. The molecule has 1 saturated carbocycles. The maximum absolute atomic E-state index is 12.3. The highest BCUT2D eigenvalue weighted by atomic mass is 79.9. The summed E-state index contributed by atoms with van der Waals surface area (Å²) < 4.78 is 1.01. The minimum absolute atomic E-state index is 0.256. The first-order valence-electron chi connectivity index (χ1n) is 8.29. The predicted molar refractivity (Wildman–Crippen MR) is 99.4 cm³/mol. The fourth-order valence-electron chi connectivity index (χ4n) is 2.90. The van der Waals surface area contributed by atoms with Crippen LogP contribution in [0.3, 0.4) is 0 Å². The molecule has 2 aromatic rings. The second-order valence-electron chi connectivity index (χ2n) is 6.20. The molecule has 0 saturated heterocycles. The first kappa shape index (κ1) is 16.9. The van der Waals surface area contributed by atoms with E-state index in [2.05, 4.69) is 36.8 Å². The Morgan fingerprint density at radius 1 is 1.12 bits per heavy atom. The minimum atomic E-state index is -0.256. The highest BCUT2D eigenvalue weighted by Crippen LogP contribution is 2.21. The molecule has 2 N–H and O–H groups in total. The number of anilines is 2. The number of halogens is 1. The van der Waals surface area contributed by atoms with Gasteiger partial charge in [-0.15, -0.1) is 10.2 Å². The lowest BCUT2D eigenvalue weighted by atomic mass is 9.95. The van der Waals surface area contributed by atoms with E-state index in [1.54, 1.807) is 6.07 Å². The third-order valence-electron chi connectivity index (χ3n) is 4.27. The summed E-state index contributed by atoms with van der Waals surface area (Å²) in [6, 6.07) is 9.67. The fraction of sp³-hybridized carbons (Fsp3) is 0.389. The number of aryl methyl sites for hydroxylation is 1. The molecule has 0 atom stereocenters. The molecule has 1 aliphatic carbocycles. The summed E-state index contributed by atoms with van der Waals surface area (Å²) in [5.74, 6) is 0.478. The maximum atomic E-state index is 12.3. The van der Waals surface area contributed by atoms with E-state index in [1.807, 2.05) is 31.2 Å². The number of nitrogens with zero attached hydrogens (tertiary/aromatic N) is 2. The van der Waals surface area contributed by atoms with Crippen LogP contribution >= 0.6 is 15.9 Å². The van der Waals surface area contributed by atoms with Crippen molar-refractivity contribution >= 4 is 33.3 Å². The molecular formula is C18H21BrN4O. The highest BCUT2D eigenvalue weighted by molar-refractivity contribution is 9.10. The molecule has 6 heteroatoms. The number of carbonyl (C=O) groups excluding carboxylic acids is 1. The van der Waals surface area contributed by atoms with Crippen molar-refractivity contribution in [3.8, 4) is 0 Å². The van der Waals surface area contributed by atoms with E-state index >= 15 is 0 Å². The average molecular weight is 389 g/mol. The fourth-order valence-corrected chi connectivity index (χ4v) is 3.15. The lowest BCUT2D eigenvalue weighted by Gasteiger charge is -2.22. The van der Waals surface area contributed by atoms with Crippen LogP contribution in [0.5, 0.6) is 0 Å². The topological polar surface area (TPSA) is 66.9 Å². The van der Waals surface area contributed by atoms with Gasteiger partial charge in [-0.3, -0.25) is 4.79 Å². The van der Waals surface area contributed by atoms with Crippen LogP contribution < -0.4 is 10.6 Å². The smallest absolute Gasteiger partial charge is 0.276 e. The van der Waals surface area contributed by atoms with Crippen molar-refractivity contribution < 1.29 is 4.79 Å². The number of nitrogens with one attached hydrogen (secondary N) is 2. The van der Waals surface area contributed by atoms with Gasteiger partial charge in [-0.25, -0.2) is 0 Å². The largest absolute Gasteiger partial charge is 0.366 e. The Balaban J connectivity index is 1.61. The summed E-state index contributed by atoms with van der Waals surface area (Å²) in [7, 11) is 0. The number of hydrogen-bond acceptors (Lipinski definition) is 4. The summed E-state index contributed by atoms with van der Waals surface area (Å²) in [5, 5.41) is 14.4. The van der Waals surface area contributed by atoms with Gasteiger partial charge < -0.3 is 10.6 Å². The van der Waals surface area contributed by atoms with E-state index < -0.39 is 0 Å². The molecule has 5 nitrogen and oxygen atoms in total. The van der Waals surface area contributed by atoms with Gasteiger partial charge in [-0.2, -0.15) is 0 Å². The molecule has 1 amide bonds. The predicted octanol–water partition coefficient (Wildman–Crippen LogP) is 4.54. The van der Waals surface area contributed by atoms with Gasteiger partial charge in [0.15, 0.2) is 5.69 Å². The van der Waals surface area contributed by atoms with E-state index in [0.717, 1.165) is 21.5 Å². The maximum Gasteiger partial charge on any atom is 0.276 e. The number of amides is 1. The van der Waals surface area contributed by atoms with E-state index in [4.69, 9.17) is 0 Å². The number of benzene rings is 1. The van der Waals surface area contributed by atoms with Gasteiger partial charge in [0.2, 0.25) is 0 Å². The van der Waals surface area contributed by atoms with E-state index in [1.165, 1.54) is 32.1 Å². The molecule has 24 heavy (non-hydrogen) atoms. The van der Waals surface area contributed by atoms with Crippen LogP contribution in [0.25, 0.3) is 0 Å². The van der Waals surface area contributed by atoms with Gasteiger partial charge in [-0.1, -0.05) is 35.2 Å². The zero-order valence-electron chi connectivity index (χ0n) is 13.7. The second kappa shape index (κ2) is 7.75. The Bertz CT molecular complexity index is 711. The lowest BCUT2D eigenvalue weighted by Crippen LogP contribution is -2.23. The molecule has 3 rings (SSSR count). The van der Waals surface area contributed by atoms with Crippen molar-refractivity contribution in [3.05, 3.63) is 46.1 Å². The van der Waals surface area contributed by atoms with Crippen LogP contribution in [0.15, 0.2) is 34.8 Å². The molecule has 0 bridgehead atoms. The van der Waals surface area contributed by atoms with Crippen LogP contribution in [-0.2, 0) is 0 Å². The Hall–Kier alpha value is -1.95. The van der Waals surface area contributed by atoms with E-state index in [-0.39, 0.29) is 5.91 Å². The number of rotatable bonds is 4. The van der Waals surface area contributed by atoms with Crippen molar-refractivity contribution in [1.82, 2.24) is 10.2 Å². The zero-order valence-corrected chi connectivity index (χ0v) is 15.3. The Labute approximate surface area is 150 Å². The molecule has 1 aromatic carbocycles. The molecule has 0 unspecified atom stereocenters. The average Bonchev–Trinajstić information content (AvgIpc) is 2.60. The van der Waals surface area contributed by atoms with Crippen molar-refractivity contribution in [2.45, 2.75) is 45.1 Å². The molecule has 0 aliphatic heterocycles. The third kappa shape index (κ3) is 4.32. The van der Waals surface area contributed by atoms with Crippen LogP contribution in [0.2, 0.25) is 0 Å². The first-order valence-corrected chi connectivity index (χ1v) is 9.09. The second-order valence-corrected chi connectivity index (χ2v) is 7.06. The zero-order chi connectivity index (χ0) is 16.9. The molecule has 1 heterocycles. The molecule has 1 aliphatic rings. The molecule has 0 spiro atoms. The van der Waals surface area contributed by atoms with E-state index in [0.29, 0.717) is 11.7 Å². The summed E-state index contributed by atoms with van der Waals surface area (Å²) in [4.78, 5) is 12.3. The summed E-state index contributed by atoms with van der Waals surface area (Å²) in [6.07, 6.45) is 6.19. The molecular weight excluding hydrogens is 368 g/mol. The van der Waals surface area contributed by atoms with Crippen LogP contribution in [0.4, 0.5) is 11.5 Å². The van der Waals surface area contributed by atoms with Gasteiger partial charge in [-0.05, 0) is 55.7 Å². The van der Waals surface area contributed by atoms with E-state index in [9.17, 15) is 4.79 Å². The minimum Gasteiger partial charge on any atom is -0.366 e. The molecule has 126 valence electrons. The SMILES string of the molecule is Cc1cc(NC(=O)c2ccc(NC3CCCCC3)nn2)ccc1Br. The molecule has 0 radical (unpaired) electrons. The van der Waals surface area contributed by atoms with Gasteiger partial charge in [0.1, 0.15) is 5.82 Å². The number of hydrogen-bond donors (Lipinski definition) is 2. The Morgan fingerprint density at radius 3 is 2.58 bits per heavy atom. The lowest BCUT2D eigenvalue weighted by molar-refractivity contribution is 0.102.